The van der Waals surface area contributed by atoms with E-state index in [9.17, 15) is 15.0 Å². The number of allylic oxidation sites excluding steroid dienone is 1. The fourth-order valence-corrected chi connectivity index (χ4v) is 6.38. The summed E-state index contributed by atoms with van der Waals surface area (Å²) in [6.45, 7) is 6.82. The third-order valence-corrected chi connectivity index (χ3v) is 8.70. The van der Waals surface area contributed by atoms with E-state index < -0.39 is 11.6 Å². The molecule has 38 heavy (non-hydrogen) atoms. The van der Waals surface area contributed by atoms with Gasteiger partial charge in [-0.3, -0.25) is 0 Å². The van der Waals surface area contributed by atoms with Gasteiger partial charge in [0.25, 0.3) is 0 Å². The van der Waals surface area contributed by atoms with E-state index in [0.29, 0.717) is 24.4 Å². The van der Waals surface area contributed by atoms with Crippen LogP contribution in [0.5, 0.6) is 5.75 Å². The topological polar surface area (TPSA) is 73.2 Å². The second-order valence-electron chi connectivity index (χ2n) is 11.1. The lowest BCUT2D eigenvalue weighted by Crippen LogP contribution is -2.46. The summed E-state index contributed by atoms with van der Waals surface area (Å²) in [5, 5.41) is 22.5. The number of carbonyl (C=O) groups is 1. The summed E-state index contributed by atoms with van der Waals surface area (Å²) in [7, 11) is 1.87. The van der Waals surface area contributed by atoms with Gasteiger partial charge in [-0.2, -0.15) is 0 Å². The Balaban J connectivity index is 1.59. The van der Waals surface area contributed by atoms with E-state index in [2.05, 4.69) is 35.8 Å². The van der Waals surface area contributed by atoms with Crippen molar-refractivity contribution in [3.05, 3.63) is 82.5 Å². The molecule has 0 aromatic heterocycles. The van der Waals surface area contributed by atoms with Gasteiger partial charge in [-0.15, -0.1) is 0 Å². The van der Waals surface area contributed by atoms with Crippen LogP contribution in [0.1, 0.15) is 55.2 Å². The third kappa shape index (κ3) is 5.04. The van der Waals surface area contributed by atoms with E-state index in [0.717, 1.165) is 68.1 Å². The lowest BCUT2D eigenvalue weighted by Gasteiger charge is -2.41. The average molecular weight is 537 g/mol. The molecule has 2 atom stereocenters. The van der Waals surface area contributed by atoms with Gasteiger partial charge < -0.3 is 24.7 Å². The average Bonchev–Trinajstić information content (AvgIpc) is 3.04. The molecular formula is C31H37ClN2O4. The van der Waals surface area contributed by atoms with Crippen LogP contribution in [0.4, 0.5) is 5.69 Å². The molecule has 6 nitrogen and oxygen atoms in total. The molecule has 2 heterocycles. The van der Waals surface area contributed by atoms with Crippen molar-refractivity contribution in [3.8, 4) is 5.75 Å². The van der Waals surface area contributed by atoms with Crippen LogP contribution in [0, 0.1) is 0 Å². The molecule has 2 N–H and O–H groups in total. The highest BCUT2D eigenvalue weighted by Gasteiger charge is 2.43. The van der Waals surface area contributed by atoms with Crippen molar-refractivity contribution in [2.45, 2.75) is 56.0 Å². The van der Waals surface area contributed by atoms with Crippen molar-refractivity contribution < 1.29 is 19.7 Å². The van der Waals surface area contributed by atoms with Crippen LogP contribution in [0.15, 0.2) is 60.8 Å². The molecule has 0 amide bonds. The minimum atomic E-state index is -2.10. The molecule has 0 saturated heterocycles. The number of carboxylic acid groups (broad SMARTS) is 1. The number of anilines is 1. The zero-order valence-corrected chi connectivity index (χ0v) is 22.8. The molecule has 5 rings (SSSR count). The summed E-state index contributed by atoms with van der Waals surface area (Å²) in [5.74, 6) is -0.567. The summed E-state index contributed by atoms with van der Waals surface area (Å²) in [6, 6.07) is 11.5. The molecule has 1 aliphatic carbocycles. The molecule has 2 bridgehead atoms. The van der Waals surface area contributed by atoms with Crippen molar-refractivity contribution in [2.75, 3.05) is 38.2 Å². The molecule has 0 fully saturated rings. The van der Waals surface area contributed by atoms with Crippen molar-refractivity contribution in [2.24, 2.45) is 0 Å². The van der Waals surface area contributed by atoms with Gasteiger partial charge in [-0.05, 0) is 79.5 Å². The van der Waals surface area contributed by atoms with Crippen LogP contribution in [0.2, 0.25) is 5.02 Å². The fourth-order valence-electron chi connectivity index (χ4n) is 6.18. The Morgan fingerprint density at radius 1 is 1.13 bits per heavy atom. The third-order valence-electron chi connectivity index (χ3n) is 8.46. The molecule has 202 valence electrons. The highest BCUT2D eigenvalue weighted by atomic mass is 35.5. The van der Waals surface area contributed by atoms with Gasteiger partial charge in [0.15, 0.2) is 5.60 Å². The van der Waals surface area contributed by atoms with Crippen molar-refractivity contribution in [1.29, 1.82) is 0 Å². The number of nitrogens with zero attached hydrogens (tertiary/aromatic N) is 2. The van der Waals surface area contributed by atoms with Crippen LogP contribution in [0.25, 0.3) is 0 Å². The molecule has 0 saturated carbocycles. The Hall–Kier alpha value is -2.96. The number of halogens is 1. The summed E-state index contributed by atoms with van der Waals surface area (Å²) in [4.78, 5) is 16.7. The standard InChI is InChI=1S/C31H37ClN2O4/c1-22-19-31(37,29(35)36)24-10-13-28-27(18-24)34(16-7-5-3-4-6-15-33(22)2)20-30(21-38-28)14-8-9-23-17-25(32)11-12-26(23)30/h4,6,10-13,17-18,37H,1,3,5,7-9,14-16,19-21H2,2H3,(H,35,36)/b6-4+/t30-,31-/m0/s1. The number of benzene rings is 2. The fraction of sp³-hybridized carbons (Fsp3) is 0.452. The van der Waals surface area contributed by atoms with E-state index >= 15 is 0 Å². The predicted molar refractivity (Wildman–Crippen MR) is 151 cm³/mol. The second kappa shape index (κ2) is 10.7. The first-order valence-corrected chi connectivity index (χ1v) is 13.9. The molecule has 7 heteroatoms. The van der Waals surface area contributed by atoms with Crippen LogP contribution in [-0.4, -0.2) is 54.4 Å². The van der Waals surface area contributed by atoms with E-state index in [1.165, 1.54) is 11.1 Å². The largest absolute Gasteiger partial charge is 0.490 e. The zero-order chi connectivity index (χ0) is 26.9. The predicted octanol–water partition coefficient (Wildman–Crippen LogP) is 5.66. The Labute approximate surface area is 230 Å². The van der Waals surface area contributed by atoms with Crippen molar-refractivity contribution in [1.82, 2.24) is 4.90 Å². The van der Waals surface area contributed by atoms with Gasteiger partial charge in [0.05, 0.1) is 12.3 Å². The Morgan fingerprint density at radius 2 is 1.97 bits per heavy atom. The smallest absolute Gasteiger partial charge is 0.340 e. The maximum atomic E-state index is 12.5. The van der Waals surface area contributed by atoms with Gasteiger partial charge in [0.1, 0.15) is 5.75 Å². The number of rotatable bonds is 1. The van der Waals surface area contributed by atoms with E-state index in [-0.39, 0.29) is 11.8 Å². The molecule has 2 aromatic rings. The number of hydrogen-bond donors (Lipinski definition) is 2. The summed E-state index contributed by atoms with van der Waals surface area (Å²) >= 11 is 6.36. The highest BCUT2D eigenvalue weighted by molar-refractivity contribution is 6.30. The maximum Gasteiger partial charge on any atom is 0.340 e. The Kier molecular flexibility index (Phi) is 7.47. The van der Waals surface area contributed by atoms with E-state index in [1.807, 2.05) is 30.1 Å². The molecule has 3 aliphatic rings. The normalized spacial score (nSPS) is 27.0. The van der Waals surface area contributed by atoms with E-state index in [1.54, 1.807) is 6.07 Å². The van der Waals surface area contributed by atoms with Gasteiger partial charge in [0.2, 0.25) is 0 Å². The van der Waals surface area contributed by atoms with E-state index in [4.69, 9.17) is 16.3 Å². The first kappa shape index (κ1) is 26.6. The van der Waals surface area contributed by atoms with Crippen LogP contribution in [-0.2, 0) is 22.2 Å². The molecule has 2 aliphatic heterocycles. The minimum absolute atomic E-state index is 0.107. The first-order valence-electron chi connectivity index (χ1n) is 13.5. The zero-order valence-electron chi connectivity index (χ0n) is 22.1. The number of aliphatic carboxylic acids is 1. The maximum absolute atomic E-state index is 12.5. The number of likely N-dealkylation sites (N-methyl/N-ethyl adjacent to an activating group) is 1. The summed E-state index contributed by atoms with van der Waals surface area (Å²) in [6.07, 6.45) is 10.2. The molecule has 0 unspecified atom stereocenters. The second-order valence-corrected chi connectivity index (χ2v) is 11.5. The molecule has 0 radical (unpaired) electrons. The Bertz CT molecular complexity index is 1260. The Morgan fingerprint density at radius 3 is 2.79 bits per heavy atom. The SMILES string of the molecule is C=C1C[C@@](O)(C(=O)O)c2ccc3c(c2)N(CCCC/C=C/CN1C)C[C@@]1(CCCc2cc(Cl)ccc21)CO3. The number of hydrogen-bond acceptors (Lipinski definition) is 5. The number of aryl methyl sites for hydroxylation is 1. The van der Waals surface area contributed by atoms with Gasteiger partial charge >= 0.3 is 5.97 Å². The summed E-state index contributed by atoms with van der Waals surface area (Å²) < 4.78 is 6.50. The lowest BCUT2D eigenvalue weighted by molar-refractivity contribution is -0.160. The van der Waals surface area contributed by atoms with Crippen LogP contribution >= 0.6 is 11.6 Å². The molecule has 2 aromatic carbocycles. The van der Waals surface area contributed by atoms with Crippen molar-refractivity contribution >= 4 is 23.3 Å². The number of fused-ring (bicyclic) bond motifs is 3. The minimum Gasteiger partial charge on any atom is -0.490 e. The van der Waals surface area contributed by atoms with Gasteiger partial charge in [-0.1, -0.05) is 42.5 Å². The first-order chi connectivity index (χ1) is 18.2. The lowest BCUT2D eigenvalue weighted by atomic mass is 9.70. The number of carboxylic acids is 1. The quantitative estimate of drug-likeness (QED) is 0.458. The van der Waals surface area contributed by atoms with Gasteiger partial charge in [0, 0.05) is 49.2 Å². The monoisotopic (exact) mass is 536 g/mol. The van der Waals surface area contributed by atoms with Crippen LogP contribution < -0.4 is 9.64 Å². The van der Waals surface area contributed by atoms with Gasteiger partial charge in [-0.25, -0.2) is 4.79 Å². The molecular weight excluding hydrogens is 500 g/mol. The number of ether oxygens (including phenoxy) is 1. The van der Waals surface area contributed by atoms with Crippen LogP contribution in [0.3, 0.4) is 0 Å². The summed E-state index contributed by atoms with van der Waals surface area (Å²) in [5.41, 5.74) is 2.02. The number of aliphatic hydroxyl groups is 1. The molecule has 1 spiro atoms. The highest BCUT2D eigenvalue weighted by Crippen LogP contribution is 2.45. The van der Waals surface area contributed by atoms with Crippen molar-refractivity contribution in [3.63, 3.8) is 0 Å².